The number of para-hydroxylation sites is 1. The number of aromatic nitrogens is 6. The van der Waals surface area contributed by atoms with Crippen molar-refractivity contribution in [1.82, 2.24) is 29.9 Å². The van der Waals surface area contributed by atoms with Crippen molar-refractivity contribution in [2.24, 2.45) is 0 Å². The van der Waals surface area contributed by atoms with Crippen molar-refractivity contribution in [2.75, 3.05) is 0 Å². The number of rotatable bonds is 6. The minimum atomic E-state index is 0.573. The van der Waals surface area contributed by atoms with Crippen LogP contribution >= 0.6 is 0 Å². The van der Waals surface area contributed by atoms with E-state index in [0.717, 1.165) is 88.7 Å². The molecule has 6 heteroatoms. The Bertz CT molecular complexity index is 2970. The molecule has 10 rings (SSSR count). The SMILES string of the molecule is Cc1cc2nc(-c3ccccc3)c(-c3ccccc3)nc2c2c1c(-c1ccccc1-c1nc(-c3ccccc3)nc(-c3ccccc3)n1)nc1ccccc12. The van der Waals surface area contributed by atoms with Crippen LogP contribution in [0.2, 0.25) is 0 Å². The zero-order valence-corrected chi connectivity index (χ0v) is 29.9. The van der Waals surface area contributed by atoms with E-state index in [1.165, 1.54) is 0 Å². The van der Waals surface area contributed by atoms with E-state index in [2.05, 4.69) is 73.7 Å². The van der Waals surface area contributed by atoms with Gasteiger partial charge in [0, 0.05) is 49.5 Å². The van der Waals surface area contributed by atoms with Crippen LogP contribution in [0.15, 0.2) is 176 Å². The van der Waals surface area contributed by atoms with Gasteiger partial charge in [0.25, 0.3) is 0 Å². The van der Waals surface area contributed by atoms with Crippen molar-refractivity contribution in [2.45, 2.75) is 6.92 Å². The summed E-state index contributed by atoms with van der Waals surface area (Å²) in [5.41, 5.74) is 11.7. The molecular weight excluding hydrogens is 673 g/mol. The van der Waals surface area contributed by atoms with Crippen LogP contribution < -0.4 is 0 Å². The van der Waals surface area contributed by atoms with Gasteiger partial charge in [-0.3, -0.25) is 0 Å². The van der Waals surface area contributed by atoms with Gasteiger partial charge in [-0.1, -0.05) is 164 Å². The number of fused-ring (bicyclic) bond motifs is 5. The average molecular weight is 705 g/mol. The summed E-state index contributed by atoms with van der Waals surface area (Å²) in [5.74, 6) is 1.79. The number of benzene rings is 7. The van der Waals surface area contributed by atoms with Gasteiger partial charge in [0.15, 0.2) is 17.5 Å². The molecule has 0 N–H and O–H groups in total. The summed E-state index contributed by atoms with van der Waals surface area (Å²) in [7, 11) is 0. The first-order valence-corrected chi connectivity index (χ1v) is 18.3. The summed E-state index contributed by atoms with van der Waals surface area (Å²) in [6, 6.07) is 59.5. The fraction of sp³-hybridized carbons (Fsp3) is 0.0204. The fourth-order valence-corrected chi connectivity index (χ4v) is 7.46. The van der Waals surface area contributed by atoms with Gasteiger partial charge in [-0.25, -0.2) is 29.9 Å². The third kappa shape index (κ3) is 5.77. The Morgan fingerprint density at radius 2 is 0.782 bits per heavy atom. The van der Waals surface area contributed by atoms with Crippen molar-refractivity contribution in [3.05, 3.63) is 181 Å². The first-order valence-electron chi connectivity index (χ1n) is 18.3. The minimum absolute atomic E-state index is 0.573. The molecule has 0 unspecified atom stereocenters. The molecular formula is C49H32N6. The van der Waals surface area contributed by atoms with Crippen molar-refractivity contribution in [3.8, 4) is 67.9 Å². The minimum Gasteiger partial charge on any atom is -0.247 e. The van der Waals surface area contributed by atoms with Gasteiger partial charge in [0.2, 0.25) is 0 Å². The predicted molar refractivity (Wildman–Crippen MR) is 223 cm³/mol. The van der Waals surface area contributed by atoms with E-state index in [0.29, 0.717) is 17.5 Å². The summed E-state index contributed by atoms with van der Waals surface area (Å²) in [6.45, 7) is 2.14. The molecule has 0 saturated carbocycles. The largest absolute Gasteiger partial charge is 0.247 e. The lowest BCUT2D eigenvalue weighted by molar-refractivity contribution is 1.07. The maximum Gasteiger partial charge on any atom is 0.164 e. The Hall–Kier alpha value is -7.44. The zero-order valence-electron chi connectivity index (χ0n) is 29.9. The number of aryl methyl sites for hydroxylation is 1. The Kier molecular flexibility index (Phi) is 7.92. The van der Waals surface area contributed by atoms with Crippen molar-refractivity contribution in [1.29, 1.82) is 0 Å². The first-order chi connectivity index (χ1) is 27.2. The molecule has 0 aliphatic rings. The van der Waals surface area contributed by atoms with Gasteiger partial charge in [-0.05, 0) is 24.6 Å². The lowest BCUT2D eigenvalue weighted by Gasteiger charge is -2.18. The monoisotopic (exact) mass is 704 g/mol. The van der Waals surface area contributed by atoms with E-state index in [9.17, 15) is 0 Å². The molecule has 3 heterocycles. The molecule has 6 nitrogen and oxygen atoms in total. The van der Waals surface area contributed by atoms with Crippen LogP contribution in [0.3, 0.4) is 0 Å². The molecule has 55 heavy (non-hydrogen) atoms. The van der Waals surface area contributed by atoms with E-state index in [-0.39, 0.29) is 0 Å². The summed E-state index contributed by atoms with van der Waals surface area (Å²) < 4.78 is 0. The summed E-state index contributed by atoms with van der Waals surface area (Å²) in [6.07, 6.45) is 0. The molecule has 0 bridgehead atoms. The highest BCUT2D eigenvalue weighted by Gasteiger charge is 2.23. The predicted octanol–water partition coefficient (Wildman–Crippen LogP) is 11.8. The van der Waals surface area contributed by atoms with Crippen LogP contribution in [-0.2, 0) is 0 Å². The van der Waals surface area contributed by atoms with Crippen LogP contribution in [0.4, 0.5) is 0 Å². The fourth-order valence-electron chi connectivity index (χ4n) is 7.46. The van der Waals surface area contributed by atoms with Crippen LogP contribution in [-0.4, -0.2) is 29.9 Å². The summed E-state index contributed by atoms with van der Waals surface area (Å²) in [4.78, 5) is 31.5. The third-order valence-electron chi connectivity index (χ3n) is 10.0. The summed E-state index contributed by atoms with van der Waals surface area (Å²) in [5, 5.41) is 3.05. The van der Waals surface area contributed by atoms with E-state index in [4.69, 9.17) is 29.9 Å². The van der Waals surface area contributed by atoms with Gasteiger partial charge < -0.3 is 0 Å². The number of pyridine rings is 1. The van der Waals surface area contributed by atoms with Crippen LogP contribution in [0.1, 0.15) is 5.56 Å². The van der Waals surface area contributed by atoms with Crippen molar-refractivity contribution in [3.63, 3.8) is 0 Å². The van der Waals surface area contributed by atoms with Crippen LogP contribution in [0.5, 0.6) is 0 Å². The second-order valence-electron chi connectivity index (χ2n) is 13.5. The first kappa shape index (κ1) is 32.2. The molecule has 7 aromatic carbocycles. The van der Waals surface area contributed by atoms with Crippen molar-refractivity contribution >= 4 is 32.7 Å². The normalized spacial score (nSPS) is 11.4. The molecule has 0 aliphatic carbocycles. The maximum absolute atomic E-state index is 5.52. The number of hydrogen-bond donors (Lipinski definition) is 0. The molecule has 0 spiro atoms. The van der Waals surface area contributed by atoms with Gasteiger partial charge >= 0.3 is 0 Å². The van der Waals surface area contributed by atoms with Gasteiger partial charge in [0.05, 0.1) is 33.6 Å². The second kappa shape index (κ2) is 13.5. The Balaban J connectivity index is 1.28. The molecule has 0 fully saturated rings. The molecule has 258 valence electrons. The quantitative estimate of drug-likeness (QED) is 0.160. The van der Waals surface area contributed by atoms with Gasteiger partial charge in [0.1, 0.15) is 0 Å². The topological polar surface area (TPSA) is 77.3 Å². The second-order valence-corrected chi connectivity index (χ2v) is 13.5. The molecule has 0 radical (unpaired) electrons. The van der Waals surface area contributed by atoms with E-state index < -0.39 is 0 Å². The molecule has 0 atom stereocenters. The Morgan fingerprint density at radius 3 is 1.38 bits per heavy atom. The Labute approximate surface area is 318 Å². The molecule has 10 aromatic rings. The van der Waals surface area contributed by atoms with Crippen molar-refractivity contribution < 1.29 is 0 Å². The average Bonchev–Trinajstić information content (AvgIpc) is 3.26. The molecule has 0 aliphatic heterocycles. The van der Waals surface area contributed by atoms with Gasteiger partial charge in [-0.15, -0.1) is 0 Å². The zero-order chi connectivity index (χ0) is 36.7. The van der Waals surface area contributed by atoms with E-state index in [1.807, 2.05) is 109 Å². The van der Waals surface area contributed by atoms with E-state index in [1.54, 1.807) is 0 Å². The van der Waals surface area contributed by atoms with Crippen LogP contribution in [0, 0.1) is 6.92 Å². The maximum atomic E-state index is 5.52. The number of hydrogen-bond acceptors (Lipinski definition) is 6. The van der Waals surface area contributed by atoms with E-state index >= 15 is 0 Å². The smallest absolute Gasteiger partial charge is 0.164 e. The summed E-state index contributed by atoms with van der Waals surface area (Å²) >= 11 is 0. The lowest BCUT2D eigenvalue weighted by atomic mass is 9.92. The van der Waals surface area contributed by atoms with Crippen LogP contribution in [0.25, 0.3) is 101 Å². The lowest BCUT2D eigenvalue weighted by Crippen LogP contribution is -2.02. The molecule has 3 aromatic heterocycles. The standard InChI is InChI=1S/C49H32N6/c1-31-30-40-46(52-44(33-20-8-3-9-21-33)43(51-40)32-18-6-2-7-19-32)42-38-28-16-17-29-39(38)50-45(41(31)42)36-26-14-15-27-37(36)49-54-47(34-22-10-4-11-23-34)53-48(55-49)35-24-12-5-13-25-35/h2-30H,1H3. The molecule has 0 amide bonds. The highest BCUT2D eigenvalue weighted by atomic mass is 15.0. The third-order valence-corrected chi connectivity index (χ3v) is 10.0. The highest BCUT2D eigenvalue weighted by molar-refractivity contribution is 6.22. The highest BCUT2D eigenvalue weighted by Crippen LogP contribution is 2.42. The Morgan fingerprint density at radius 1 is 0.327 bits per heavy atom. The van der Waals surface area contributed by atoms with Gasteiger partial charge in [-0.2, -0.15) is 0 Å². The number of nitrogens with zero attached hydrogens (tertiary/aromatic N) is 6. The molecule has 0 saturated heterocycles.